The van der Waals surface area contributed by atoms with Crippen molar-refractivity contribution in [2.75, 3.05) is 36.4 Å². The van der Waals surface area contributed by atoms with E-state index in [0.29, 0.717) is 6.42 Å². The lowest BCUT2D eigenvalue weighted by Crippen LogP contribution is -2.46. The molecule has 154 valence electrons. The van der Waals surface area contributed by atoms with Crippen molar-refractivity contribution in [3.05, 3.63) is 89.1 Å². The van der Waals surface area contributed by atoms with E-state index in [-0.39, 0.29) is 5.91 Å². The Balaban J connectivity index is 1.26. The summed E-state index contributed by atoms with van der Waals surface area (Å²) in [4.78, 5) is 21.5. The molecule has 0 radical (unpaired) electrons. The summed E-state index contributed by atoms with van der Waals surface area (Å²) in [5.41, 5.74) is 3.00. The molecular weight excluding hydrogens is 396 g/mol. The van der Waals surface area contributed by atoms with Crippen LogP contribution in [0, 0.1) is 0 Å². The number of nitrogens with one attached hydrogen (secondary N) is 1. The van der Waals surface area contributed by atoms with Crippen molar-refractivity contribution < 1.29 is 4.79 Å². The standard InChI is InChI=1S/C24H25ClN4O/c25-21-8-6-20(7-9-21)18-28-12-14-29(15-13-28)23-11-10-22(17-26-23)27-24(30)16-19-4-2-1-3-5-19/h1-11,17H,12-16,18H2,(H,27,30). The fourth-order valence-electron chi connectivity index (χ4n) is 3.62. The zero-order valence-corrected chi connectivity index (χ0v) is 17.6. The summed E-state index contributed by atoms with van der Waals surface area (Å²) in [6, 6.07) is 21.7. The highest BCUT2D eigenvalue weighted by molar-refractivity contribution is 6.30. The summed E-state index contributed by atoms with van der Waals surface area (Å²) in [6.45, 7) is 4.77. The van der Waals surface area contributed by atoms with E-state index >= 15 is 0 Å². The van der Waals surface area contributed by atoms with Gasteiger partial charge < -0.3 is 10.2 Å². The Morgan fingerprint density at radius 2 is 1.63 bits per heavy atom. The van der Waals surface area contributed by atoms with Crippen molar-refractivity contribution in [2.24, 2.45) is 0 Å². The Morgan fingerprint density at radius 1 is 0.900 bits per heavy atom. The average molecular weight is 421 g/mol. The van der Waals surface area contributed by atoms with Crippen molar-refractivity contribution in [1.29, 1.82) is 0 Å². The molecule has 6 heteroatoms. The first-order valence-corrected chi connectivity index (χ1v) is 10.5. The van der Waals surface area contributed by atoms with Gasteiger partial charge in [0.15, 0.2) is 0 Å². The number of hydrogen-bond donors (Lipinski definition) is 1. The molecule has 0 spiro atoms. The molecule has 3 aromatic rings. The number of aromatic nitrogens is 1. The lowest BCUT2D eigenvalue weighted by Gasteiger charge is -2.35. The van der Waals surface area contributed by atoms with Crippen molar-refractivity contribution in [3.63, 3.8) is 0 Å². The number of halogens is 1. The zero-order valence-electron chi connectivity index (χ0n) is 16.8. The van der Waals surface area contributed by atoms with E-state index in [4.69, 9.17) is 11.6 Å². The van der Waals surface area contributed by atoms with E-state index in [1.165, 1.54) is 5.56 Å². The minimum Gasteiger partial charge on any atom is -0.354 e. The van der Waals surface area contributed by atoms with Crippen LogP contribution in [0.2, 0.25) is 5.02 Å². The topological polar surface area (TPSA) is 48.5 Å². The van der Waals surface area contributed by atoms with Gasteiger partial charge in [0.2, 0.25) is 5.91 Å². The lowest BCUT2D eigenvalue weighted by molar-refractivity contribution is -0.115. The Hall–Kier alpha value is -2.89. The van der Waals surface area contributed by atoms with Crippen LogP contribution >= 0.6 is 11.6 Å². The molecule has 2 heterocycles. The number of anilines is 2. The number of carbonyl (C=O) groups is 1. The van der Waals surface area contributed by atoms with Crippen LogP contribution in [0.1, 0.15) is 11.1 Å². The Kier molecular flexibility index (Phi) is 6.62. The molecule has 0 bridgehead atoms. The monoisotopic (exact) mass is 420 g/mol. The Bertz CT molecular complexity index is 953. The van der Waals surface area contributed by atoms with Gasteiger partial charge in [0, 0.05) is 37.7 Å². The SMILES string of the molecule is O=C(Cc1ccccc1)Nc1ccc(N2CCN(Cc3ccc(Cl)cc3)CC2)nc1. The number of rotatable bonds is 6. The molecule has 1 aromatic heterocycles. The number of carbonyl (C=O) groups excluding carboxylic acids is 1. The molecular formula is C24H25ClN4O. The second-order valence-corrected chi connectivity index (χ2v) is 7.94. The highest BCUT2D eigenvalue weighted by Crippen LogP contribution is 2.18. The van der Waals surface area contributed by atoms with E-state index < -0.39 is 0 Å². The van der Waals surface area contributed by atoms with Crippen molar-refractivity contribution >= 4 is 29.0 Å². The van der Waals surface area contributed by atoms with Gasteiger partial charge in [-0.2, -0.15) is 0 Å². The predicted octanol–water partition coefficient (Wildman–Crippen LogP) is 4.24. The fraction of sp³-hybridized carbons (Fsp3) is 0.250. The molecule has 0 aliphatic carbocycles. The molecule has 1 N–H and O–H groups in total. The highest BCUT2D eigenvalue weighted by Gasteiger charge is 2.18. The quantitative estimate of drug-likeness (QED) is 0.648. The minimum atomic E-state index is -0.0356. The number of nitrogens with zero attached hydrogens (tertiary/aromatic N) is 3. The second-order valence-electron chi connectivity index (χ2n) is 7.51. The van der Waals surface area contributed by atoms with Gasteiger partial charge in [-0.3, -0.25) is 9.69 Å². The molecule has 30 heavy (non-hydrogen) atoms. The largest absolute Gasteiger partial charge is 0.354 e. The molecule has 4 rings (SSSR count). The molecule has 1 saturated heterocycles. The summed E-state index contributed by atoms with van der Waals surface area (Å²) in [5.74, 6) is 0.911. The summed E-state index contributed by atoms with van der Waals surface area (Å²) >= 11 is 5.97. The lowest BCUT2D eigenvalue weighted by atomic mass is 10.1. The van der Waals surface area contributed by atoms with Gasteiger partial charge in [-0.05, 0) is 35.4 Å². The smallest absolute Gasteiger partial charge is 0.228 e. The van der Waals surface area contributed by atoms with Crippen molar-refractivity contribution in [3.8, 4) is 0 Å². The first-order chi connectivity index (χ1) is 14.7. The third-order valence-electron chi connectivity index (χ3n) is 5.25. The van der Waals surface area contributed by atoms with Gasteiger partial charge in [0.1, 0.15) is 5.82 Å². The van der Waals surface area contributed by atoms with Crippen molar-refractivity contribution in [1.82, 2.24) is 9.88 Å². The summed E-state index contributed by atoms with van der Waals surface area (Å²) in [5, 5.41) is 3.69. The van der Waals surface area contributed by atoms with E-state index in [1.54, 1.807) is 6.20 Å². The van der Waals surface area contributed by atoms with Crippen LogP contribution in [0.4, 0.5) is 11.5 Å². The van der Waals surface area contributed by atoms with Crippen molar-refractivity contribution in [2.45, 2.75) is 13.0 Å². The number of hydrogen-bond acceptors (Lipinski definition) is 4. The highest BCUT2D eigenvalue weighted by atomic mass is 35.5. The Morgan fingerprint density at radius 3 is 2.30 bits per heavy atom. The molecule has 1 amide bonds. The molecule has 5 nitrogen and oxygen atoms in total. The van der Waals surface area contributed by atoms with Crippen LogP contribution < -0.4 is 10.2 Å². The summed E-state index contributed by atoms with van der Waals surface area (Å²) in [6.07, 6.45) is 2.09. The third-order valence-corrected chi connectivity index (χ3v) is 5.51. The second kappa shape index (κ2) is 9.74. The fourth-order valence-corrected chi connectivity index (χ4v) is 3.74. The van der Waals surface area contributed by atoms with Gasteiger partial charge in [-0.1, -0.05) is 54.1 Å². The first-order valence-electron chi connectivity index (χ1n) is 10.2. The van der Waals surface area contributed by atoms with Crippen LogP contribution in [-0.4, -0.2) is 42.0 Å². The van der Waals surface area contributed by atoms with Gasteiger partial charge in [-0.25, -0.2) is 4.98 Å². The van der Waals surface area contributed by atoms with E-state index in [2.05, 4.69) is 32.2 Å². The molecule has 2 aromatic carbocycles. The van der Waals surface area contributed by atoms with Crippen LogP contribution in [0.15, 0.2) is 72.9 Å². The molecule has 1 fully saturated rings. The van der Waals surface area contributed by atoms with Crippen LogP contribution in [0.3, 0.4) is 0 Å². The van der Waals surface area contributed by atoms with Crippen LogP contribution in [-0.2, 0) is 17.8 Å². The molecule has 0 unspecified atom stereocenters. The first kappa shape index (κ1) is 20.4. The predicted molar refractivity (Wildman–Crippen MR) is 122 cm³/mol. The normalized spacial score (nSPS) is 14.5. The van der Waals surface area contributed by atoms with Crippen LogP contribution in [0.5, 0.6) is 0 Å². The molecule has 0 atom stereocenters. The maximum atomic E-state index is 12.2. The van der Waals surface area contributed by atoms with Gasteiger partial charge in [-0.15, -0.1) is 0 Å². The summed E-state index contributed by atoms with van der Waals surface area (Å²) in [7, 11) is 0. The van der Waals surface area contributed by atoms with E-state index in [1.807, 2.05) is 54.6 Å². The van der Waals surface area contributed by atoms with Gasteiger partial charge in [0.05, 0.1) is 18.3 Å². The van der Waals surface area contributed by atoms with Crippen LogP contribution in [0.25, 0.3) is 0 Å². The average Bonchev–Trinajstić information content (AvgIpc) is 2.77. The zero-order chi connectivity index (χ0) is 20.8. The molecule has 1 aliphatic heterocycles. The number of pyridine rings is 1. The van der Waals surface area contributed by atoms with Gasteiger partial charge >= 0.3 is 0 Å². The summed E-state index contributed by atoms with van der Waals surface area (Å²) < 4.78 is 0. The number of amides is 1. The molecule has 0 saturated carbocycles. The third kappa shape index (κ3) is 5.59. The number of benzene rings is 2. The number of piperazine rings is 1. The van der Waals surface area contributed by atoms with Gasteiger partial charge in [0.25, 0.3) is 0 Å². The van der Waals surface area contributed by atoms with E-state index in [0.717, 1.165) is 54.8 Å². The Labute approximate surface area is 182 Å². The maximum absolute atomic E-state index is 12.2. The maximum Gasteiger partial charge on any atom is 0.228 e. The van der Waals surface area contributed by atoms with E-state index in [9.17, 15) is 4.79 Å². The minimum absolute atomic E-state index is 0.0356. The molecule has 1 aliphatic rings.